The average Bonchev–Trinajstić information content (AvgIpc) is 2.83. The lowest BCUT2D eigenvalue weighted by atomic mass is 10.1. The highest BCUT2D eigenvalue weighted by Gasteiger charge is 2.15. The lowest BCUT2D eigenvalue weighted by Crippen LogP contribution is -1.95. The molecule has 18 heavy (non-hydrogen) atoms. The molecule has 1 atom stereocenters. The van der Waals surface area contributed by atoms with Gasteiger partial charge in [-0.3, -0.25) is 0 Å². The van der Waals surface area contributed by atoms with E-state index in [4.69, 9.17) is 21.1 Å². The maximum atomic E-state index is 6.46. The van der Waals surface area contributed by atoms with Gasteiger partial charge in [0.05, 0.1) is 23.4 Å². The normalized spacial score (nSPS) is 12.2. The Morgan fingerprint density at radius 3 is 2.39 bits per heavy atom. The molecule has 0 aliphatic heterocycles. The molecule has 2 nitrogen and oxygen atoms in total. The van der Waals surface area contributed by atoms with Crippen LogP contribution in [-0.2, 0) is 0 Å². The van der Waals surface area contributed by atoms with E-state index in [1.807, 2.05) is 30.3 Å². The van der Waals surface area contributed by atoms with Gasteiger partial charge in [-0.2, -0.15) is 0 Å². The summed E-state index contributed by atoms with van der Waals surface area (Å²) < 4.78 is 11.6. The molecule has 0 saturated heterocycles. The number of ether oxygens (including phenoxy) is 2. The van der Waals surface area contributed by atoms with E-state index in [9.17, 15) is 0 Å². The summed E-state index contributed by atoms with van der Waals surface area (Å²) in [6.07, 6.45) is 0. The highest BCUT2D eigenvalue weighted by molar-refractivity contribution is 9.11. The molecule has 0 aliphatic carbocycles. The van der Waals surface area contributed by atoms with Crippen molar-refractivity contribution in [2.24, 2.45) is 0 Å². The van der Waals surface area contributed by atoms with Gasteiger partial charge in [-0.15, -0.1) is 22.9 Å². The van der Waals surface area contributed by atoms with Crippen molar-refractivity contribution in [3.8, 4) is 11.5 Å². The predicted molar refractivity (Wildman–Crippen MR) is 79.3 cm³/mol. The number of rotatable bonds is 4. The highest BCUT2D eigenvalue weighted by Crippen LogP contribution is 2.38. The number of alkyl halides is 1. The molecule has 1 unspecified atom stereocenters. The highest BCUT2D eigenvalue weighted by atomic mass is 79.9. The van der Waals surface area contributed by atoms with Crippen molar-refractivity contribution in [2.75, 3.05) is 14.2 Å². The van der Waals surface area contributed by atoms with Crippen molar-refractivity contribution in [1.29, 1.82) is 0 Å². The zero-order chi connectivity index (χ0) is 13.1. The lowest BCUT2D eigenvalue weighted by molar-refractivity contribution is 0.354. The first-order chi connectivity index (χ1) is 8.65. The van der Waals surface area contributed by atoms with Gasteiger partial charge in [0.25, 0.3) is 0 Å². The summed E-state index contributed by atoms with van der Waals surface area (Å²) >= 11 is 11.5. The molecule has 0 bridgehead atoms. The van der Waals surface area contributed by atoms with E-state index in [1.54, 1.807) is 25.6 Å². The molecule has 0 aliphatic rings. The number of hydrogen-bond acceptors (Lipinski definition) is 3. The largest absolute Gasteiger partial charge is 0.493 e. The van der Waals surface area contributed by atoms with Crippen LogP contribution in [0.1, 0.15) is 15.8 Å². The SMILES string of the molecule is COc1ccc(C(Cl)c2ccc(Br)s2)cc1OC. The Labute approximate surface area is 124 Å². The predicted octanol–water partition coefficient (Wildman–Crippen LogP) is 4.86. The smallest absolute Gasteiger partial charge is 0.161 e. The van der Waals surface area contributed by atoms with Gasteiger partial charge in [-0.1, -0.05) is 6.07 Å². The van der Waals surface area contributed by atoms with Crippen molar-refractivity contribution in [2.45, 2.75) is 5.38 Å². The summed E-state index contributed by atoms with van der Waals surface area (Å²) in [4.78, 5) is 1.09. The zero-order valence-electron chi connectivity index (χ0n) is 9.94. The van der Waals surface area contributed by atoms with Gasteiger partial charge < -0.3 is 9.47 Å². The van der Waals surface area contributed by atoms with E-state index in [-0.39, 0.29) is 5.38 Å². The van der Waals surface area contributed by atoms with Gasteiger partial charge >= 0.3 is 0 Å². The third kappa shape index (κ3) is 2.82. The molecule has 0 saturated carbocycles. The molecule has 0 N–H and O–H groups in total. The maximum Gasteiger partial charge on any atom is 0.161 e. The molecule has 5 heteroatoms. The summed E-state index contributed by atoms with van der Waals surface area (Å²) in [5.41, 5.74) is 0.990. The molecule has 0 spiro atoms. The second-order valence-electron chi connectivity index (χ2n) is 3.62. The molecular formula is C13H12BrClO2S. The minimum absolute atomic E-state index is 0.180. The first-order valence-electron chi connectivity index (χ1n) is 5.27. The van der Waals surface area contributed by atoms with Crippen LogP contribution >= 0.6 is 38.9 Å². The minimum atomic E-state index is -0.180. The van der Waals surface area contributed by atoms with E-state index >= 15 is 0 Å². The topological polar surface area (TPSA) is 18.5 Å². The van der Waals surface area contributed by atoms with Crippen LogP contribution in [0.3, 0.4) is 0 Å². The fourth-order valence-corrected chi connectivity index (χ4v) is 3.41. The van der Waals surface area contributed by atoms with Crippen LogP contribution in [0.25, 0.3) is 0 Å². The molecule has 96 valence electrons. The van der Waals surface area contributed by atoms with Gasteiger partial charge in [0, 0.05) is 4.88 Å². The van der Waals surface area contributed by atoms with Crippen molar-refractivity contribution in [1.82, 2.24) is 0 Å². The fraction of sp³-hybridized carbons (Fsp3) is 0.231. The Kier molecular flexibility index (Phi) is 4.54. The number of benzene rings is 1. The van der Waals surface area contributed by atoms with E-state index in [2.05, 4.69) is 15.9 Å². The Balaban J connectivity index is 2.33. The molecular weight excluding hydrogens is 336 g/mol. The molecule has 0 fully saturated rings. The van der Waals surface area contributed by atoms with Crippen LogP contribution in [-0.4, -0.2) is 14.2 Å². The van der Waals surface area contributed by atoms with Crippen molar-refractivity contribution < 1.29 is 9.47 Å². The Hall–Kier alpha value is -0.710. The van der Waals surface area contributed by atoms with Crippen molar-refractivity contribution in [3.05, 3.63) is 44.6 Å². The van der Waals surface area contributed by atoms with Crippen LogP contribution in [0.15, 0.2) is 34.1 Å². The zero-order valence-corrected chi connectivity index (χ0v) is 13.1. The molecule has 1 aromatic heterocycles. The first-order valence-corrected chi connectivity index (χ1v) is 7.31. The average molecular weight is 348 g/mol. The van der Waals surface area contributed by atoms with Gasteiger partial charge in [0.1, 0.15) is 0 Å². The molecule has 0 amide bonds. The third-order valence-corrected chi connectivity index (χ3v) is 4.85. The minimum Gasteiger partial charge on any atom is -0.493 e. The molecule has 0 radical (unpaired) electrons. The van der Waals surface area contributed by atoms with E-state index in [0.717, 1.165) is 14.2 Å². The van der Waals surface area contributed by atoms with Gasteiger partial charge in [0.15, 0.2) is 11.5 Å². The summed E-state index contributed by atoms with van der Waals surface area (Å²) in [5.74, 6) is 1.40. The Bertz CT molecular complexity index is 542. The number of thiophene rings is 1. The second kappa shape index (κ2) is 5.95. The van der Waals surface area contributed by atoms with Crippen LogP contribution in [0.4, 0.5) is 0 Å². The molecule has 1 heterocycles. The van der Waals surface area contributed by atoms with E-state index in [0.29, 0.717) is 11.5 Å². The monoisotopic (exact) mass is 346 g/mol. The number of halogens is 2. The molecule has 1 aromatic carbocycles. The van der Waals surface area contributed by atoms with E-state index < -0.39 is 0 Å². The third-order valence-electron chi connectivity index (χ3n) is 2.54. The van der Waals surface area contributed by atoms with Crippen molar-refractivity contribution in [3.63, 3.8) is 0 Å². The van der Waals surface area contributed by atoms with Crippen molar-refractivity contribution >= 4 is 38.9 Å². The van der Waals surface area contributed by atoms with Gasteiger partial charge in [0.2, 0.25) is 0 Å². The first kappa shape index (κ1) is 13.7. The quantitative estimate of drug-likeness (QED) is 0.736. The molecule has 2 rings (SSSR count). The summed E-state index contributed by atoms with van der Waals surface area (Å²) in [7, 11) is 3.23. The number of methoxy groups -OCH3 is 2. The Morgan fingerprint density at radius 2 is 1.83 bits per heavy atom. The Morgan fingerprint density at radius 1 is 1.11 bits per heavy atom. The fourth-order valence-electron chi connectivity index (χ4n) is 1.64. The summed E-state index contributed by atoms with van der Waals surface area (Å²) in [5, 5.41) is -0.180. The second-order valence-corrected chi connectivity index (χ2v) is 6.55. The summed E-state index contributed by atoms with van der Waals surface area (Å²) in [6.45, 7) is 0. The van der Waals surface area contributed by atoms with Crippen LogP contribution in [0.5, 0.6) is 11.5 Å². The number of hydrogen-bond donors (Lipinski definition) is 0. The van der Waals surface area contributed by atoms with E-state index in [1.165, 1.54) is 0 Å². The lowest BCUT2D eigenvalue weighted by Gasteiger charge is -2.12. The van der Waals surface area contributed by atoms with Crippen LogP contribution in [0.2, 0.25) is 0 Å². The van der Waals surface area contributed by atoms with Crippen LogP contribution in [0, 0.1) is 0 Å². The van der Waals surface area contributed by atoms with Crippen LogP contribution < -0.4 is 9.47 Å². The summed E-state index contributed by atoms with van der Waals surface area (Å²) in [6, 6.07) is 9.74. The maximum absolute atomic E-state index is 6.46. The van der Waals surface area contributed by atoms with Gasteiger partial charge in [-0.25, -0.2) is 0 Å². The van der Waals surface area contributed by atoms with Gasteiger partial charge in [-0.05, 0) is 45.8 Å². The standard InChI is InChI=1S/C13H12BrClO2S/c1-16-9-4-3-8(7-10(9)17-2)13(15)11-5-6-12(14)18-11/h3-7,13H,1-2H3. The molecule has 2 aromatic rings.